The summed E-state index contributed by atoms with van der Waals surface area (Å²) in [4.78, 5) is 25.2. The van der Waals surface area contributed by atoms with Crippen LogP contribution in [0.25, 0.3) is 11.1 Å². The fraction of sp³-hybridized carbons (Fsp3) is 0.120. The Balaban J connectivity index is 1.59. The SMILES string of the molecule is COCCOc1ccc(C2=c3cc4c(cc3OC2=O)=C(c2ccccc2)C(=O)O4)cc1. The molecule has 0 atom stereocenters. The molecule has 3 aromatic rings. The van der Waals surface area contributed by atoms with E-state index >= 15 is 0 Å². The van der Waals surface area contributed by atoms with Crippen LogP contribution >= 0.6 is 0 Å². The molecule has 2 heterocycles. The molecule has 0 amide bonds. The first-order valence-electron chi connectivity index (χ1n) is 9.80. The van der Waals surface area contributed by atoms with Crippen LogP contribution in [-0.2, 0) is 14.3 Å². The molecular formula is C25H18O6. The molecule has 6 heteroatoms. The van der Waals surface area contributed by atoms with Gasteiger partial charge in [-0.25, -0.2) is 9.59 Å². The summed E-state index contributed by atoms with van der Waals surface area (Å²) in [5, 5.41) is 1.21. The van der Waals surface area contributed by atoms with Crippen molar-refractivity contribution in [2.75, 3.05) is 20.3 Å². The summed E-state index contributed by atoms with van der Waals surface area (Å²) in [7, 11) is 1.61. The molecule has 0 bridgehead atoms. The zero-order chi connectivity index (χ0) is 21.4. The summed E-state index contributed by atoms with van der Waals surface area (Å²) in [6, 6.07) is 19.9. The van der Waals surface area contributed by atoms with Crippen molar-refractivity contribution in [2.45, 2.75) is 0 Å². The highest BCUT2D eigenvalue weighted by Crippen LogP contribution is 2.27. The van der Waals surface area contributed by atoms with Gasteiger partial charge in [0, 0.05) is 17.5 Å². The first-order chi connectivity index (χ1) is 15.2. The summed E-state index contributed by atoms with van der Waals surface area (Å²) in [5.41, 5.74) is 2.33. The van der Waals surface area contributed by atoms with E-state index in [0.717, 1.165) is 5.56 Å². The van der Waals surface area contributed by atoms with Gasteiger partial charge in [-0.05, 0) is 35.4 Å². The minimum Gasteiger partial charge on any atom is -0.491 e. The number of ether oxygens (including phenoxy) is 4. The maximum absolute atomic E-state index is 12.7. The number of benzene rings is 3. The van der Waals surface area contributed by atoms with Gasteiger partial charge < -0.3 is 18.9 Å². The van der Waals surface area contributed by atoms with Crippen LogP contribution in [0, 0.1) is 0 Å². The molecule has 0 N–H and O–H groups in total. The molecule has 6 nitrogen and oxygen atoms in total. The Hall–Kier alpha value is -3.90. The van der Waals surface area contributed by atoms with Gasteiger partial charge in [-0.2, -0.15) is 0 Å². The monoisotopic (exact) mass is 414 g/mol. The molecule has 2 aliphatic rings. The minimum absolute atomic E-state index is 0.408. The molecule has 31 heavy (non-hydrogen) atoms. The second kappa shape index (κ2) is 7.74. The topological polar surface area (TPSA) is 71.1 Å². The zero-order valence-corrected chi connectivity index (χ0v) is 16.7. The molecule has 3 aromatic carbocycles. The van der Waals surface area contributed by atoms with E-state index in [4.69, 9.17) is 18.9 Å². The normalized spacial score (nSPS) is 14.2. The number of carbonyl (C=O) groups is 2. The van der Waals surface area contributed by atoms with Crippen molar-refractivity contribution in [1.29, 1.82) is 0 Å². The molecule has 0 fully saturated rings. The maximum Gasteiger partial charge on any atom is 0.344 e. The minimum atomic E-state index is -0.445. The third kappa shape index (κ3) is 3.37. The van der Waals surface area contributed by atoms with Crippen LogP contribution in [0.2, 0.25) is 0 Å². The molecule has 2 aliphatic heterocycles. The summed E-state index contributed by atoms with van der Waals surface area (Å²) >= 11 is 0. The number of rotatable bonds is 6. The number of hydrogen-bond donors (Lipinski definition) is 0. The zero-order valence-electron chi connectivity index (χ0n) is 16.7. The number of fused-ring (bicyclic) bond motifs is 2. The molecule has 0 saturated carbocycles. The van der Waals surface area contributed by atoms with Gasteiger partial charge in [0.2, 0.25) is 0 Å². The Morgan fingerprint density at radius 2 is 1.26 bits per heavy atom. The molecule has 0 aliphatic carbocycles. The van der Waals surface area contributed by atoms with Crippen molar-refractivity contribution in [3.63, 3.8) is 0 Å². The lowest BCUT2D eigenvalue weighted by atomic mass is 10.0. The Bertz CT molecular complexity index is 1310. The molecule has 0 aromatic heterocycles. The van der Waals surface area contributed by atoms with Crippen molar-refractivity contribution in [2.24, 2.45) is 0 Å². The van der Waals surface area contributed by atoms with Crippen LogP contribution in [0.15, 0.2) is 66.7 Å². The summed E-state index contributed by atoms with van der Waals surface area (Å²) < 4.78 is 21.6. The molecule has 154 valence electrons. The Labute approximate surface area is 177 Å². The smallest absolute Gasteiger partial charge is 0.344 e. The second-order valence-corrected chi connectivity index (χ2v) is 7.11. The van der Waals surface area contributed by atoms with E-state index in [2.05, 4.69) is 0 Å². The molecule has 0 unspecified atom stereocenters. The predicted molar refractivity (Wildman–Crippen MR) is 112 cm³/mol. The van der Waals surface area contributed by atoms with Gasteiger partial charge in [0.15, 0.2) is 0 Å². The molecular weight excluding hydrogens is 396 g/mol. The molecule has 0 radical (unpaired) electrons. The van der Waals surface area contributed by atoms with Crippen LogP contribution in [0.4, 0.5) is 0 Å². The lowest BCUT2D eigenvalue weighted by molar-refractivity contribution is -0.128. The van der Waals surface area contributed by atoms with E-state index in [1.807, 2.05) is 30.3 Å². The van der Waals surface area contributed by atoms with Crippen molar-refractivity contribution in [1.82, 2.24) is 0 Å². The van der Waals surface area contributed by atoms with E-state index in [1.165, 1.54) is 0 Å². The maximum atomic E-state index is 12.7. The summed E-state index contributed by atoms with van der Waals surface area (Å²) in [6.45, 7) is 0.930. The van der Waals surface area contributed by atoms with Crippen molar-refractivity contribution < 1.29 is 28.5 Å². The lowest BCUT2D eigenvalue weighted by Gasteiger charge is -2.06. The average Bonchev–Trinajstić information content (AvgIpc) is 3.27. The van der Waals surface area contributed by atoms with E-state index < -0.39 is 11.9 Å². The average molecular weight is 414 g/mol. The Morgan fingerprint density at radius 1 is 0.710 bits per heavy atom. The van der Waals surface area contributed by atoms with Crippen LogP contribution in [0.1, 0.15) is 11.1 Å². The standard InChI is InChI=1S/C25H18O6/c1-28-11-12-29-17-9-7-16(8-10-17)23-19-14-20-18(13-21(19)31-25(23)27)22(24(26)30-20)15-5-3-2-4-6-15/h2-10,13-14H,11-12H2,1H3. The number of carbonyl (C=O) groups excluding carboxylic acids is 2. The van der Waals surface area contributed by atoms with E-state index in [0.29, 0.717) is 57.6 Å². The van der Waals surface area contributed by atoms with E-state index in [-0.39, 0.29) is 0 Å². The van der Waals surface area contributed by atoms with Crippen LogP contribution < -0.4 is 24.6 Å². The first-order valence-corrected chi connectivity index (χ1v) is 9.80. The molecule has 0 saturated heterocycles. The van der Waals surface area contributed by atoms with Crippen molar-refractivity contribution in [3.05, 3.63) is 88.3 Å². The van der Waals surface area contributed by atoms with Gasteiger partial charge in [-0.15, -0.1) is 0 Å². The van der Waals surface area contributed by atoms with Gasteiger partial charge in [-0.3, -0.25) is 0 Å². The van der Waals surface area contributed by atoms with Gasteiger partial charge in [0.1, 0.15) is 23.9 Å². The van der Waals surface area contributed by atoms with Crippen LogP contribution in [0.5, 0.6) is 17.2 Å². The number of esters is 2. The lowest BCUT2D eigenvalue weighted by Crippen LogP contribution is -2.11. The third-order valence-corrected chi connectivity index (χ3v) is 5.20. The fourth-order valence-corrected chi connectivity index (χ4v) is 3.75. The third-order valence-electron chi connectivity index (χ3n) is 5.20. The second-order valence-electron chi connectivity index (χ2n) is 7.11. The predicted octanol–water partition coefficient (Wildman–Crippen LogP) is 1.95. The number of hydrogen-bond acceptors (Lipinski definition) is 6. The van der Waals surface area contributed by atoms with E-state index in [9.17, 15) is 9.59 Å². The molecule has 5 rings (SSSR count). The first kappa shape index (κ1) is 19.1. The number of methoxy groups -OCH3 is 1. The van der Waals surface area contributed by atoms with Crippen molar-refractivity contribution in [3.8, 4) is 17.2 Å². The quantitative estimate of drug-likeness (QED) is 0.349. The van der Waals surface area contributed by atoms with Gasteiger partial charge in [0.05, 0.1) is 17.8 Å². The van der Waals surface area contributed by atoms with E-state index in [1.54, 1.807) is 43.5 Å². The largest absolute Gasteiger partial charge is 0.491 e. The highest BCUT2D eigenvalue weighted by Gasteiger charge is 2.30. The van der Waals surface area contributed by atoms with Gasteiger partial charge in [-0.1, -0.05) is 42.5 Å². The van der Waals surface area contributed by atoms with Crippen LogP contribution in [-0.4, -0.2) is 32.3 Å². The Kier molecular flexibility index (Phi) is 4.76. The highest BCUT2D eigenvalue weighted by molar-refractivity contribution is 6.21. The van der Waals surface area contributed by atoms with Gasteiger partial charge in [0.25, 0.3) is 0 Å². The summed E-state index contributed by atoms with van der Waals surface area (Å²) in [5.74, 6) is 0.636. The fourth-order valence-electron chi connectivity index (χ4n) is 3.75. The Morgan fingerprint density at radius 3 is 1.81 bits per heavy atom. The van der Waals surface area contributed by atoms with Gasteiger partial charge >= 0.3 is 11.9 Å². The van der Waals surface area contributed by atoms with Crippen molar-refractivity contribution >= 4 is 23.1 Å². The molecule has 0 spiro atoms. The van der Waals surface area contributed by atoms with Crippen LogP contribution in [0.3, 0.4) is 0 Å². The summed E-state index contributed by atoms with van der Waals surface area (Å²) in [6.07, 6.45) is 0. The highest BCUT2D eigenvalue weighted by atomic mass is 16.5.